The third-order valence-corrected chi connectivity index (χ3v) is 3.24. The maximum Gasteiger partial charge on any atom is 0.356 e. The second-order valence-corrected chi connectivity index (χ2v) is 4.24. The van der Waals surface area contributed by atoms with Crippen LogP contribution in [-0.2, 0) is 0 Å². The van der Waals surface area contributed by atoms with Crippen molar-refractivity contribution in [1.29, 1.82) is 0 Å². The van der Waals surface area contributed by atoms with Crippen molar-refractivity contribution in [3.8, 4) is 0 Å². The molecule has 2 aromatic rings. The topological polar surface area (TPSA) is 88.1 Å². The van der Waals surface area contributed by atoms with Crippen molar-refractivity contribution in [2.75, 3.05) is 18.8 Å². The Bertz CT molecular complexity index is 508. The smallest absolute Gasteiger partial charge is 0.356 e. The van der Waals surface area contributed by atoms with Crippen molar-refractivity contribution in [3.63, 3.8) is 0 Å². The van der Waals surface area contributed by atoms with Crippen LogP contribution in [0.5, 0.6) is 0 Å². The van der Waals surface area contributed by atoms with Gasteiger partial charge in [0.1, 0.15) is 17.2 Å². The Kier molecular flexibility index (Phi) is 5.13. The molecule has 1 aliphatic rings. The molecule has 3 rings (SSSR count). The van der Waals surface area contributed by atoms with Crippen LogP contribution in [0.4, 0.5) is 5.82 Å². The zero-order valence-electron chi connectivity index (χ0n) is 9.81. The average molecular weight is 291 g/mol. The zero-order valence-corrected chi connectivity index (χ0v) is 11.3. The minimum Gasteiger partial charge on any atom is -1.00 e. The Morgan fingerprint density at radius 2 is 2.00 bits per heavy atom. The summed E-state index contributed by atoms with van der Waals surface area (Å²) in [6, 6.07) is 0.511. The van der Waals surface area contributed by atoms with Crippen LogP contribution in [0.2, 0.25) is 0 Å². The number of aromatic amines is 1. The number of anilines is 1. The number of H-pyrrole nitrogens is 1. The highest BCUT2D eigenvalue weighted by Gasteiger charge is 2.26. The van der Waals surface area contributed by atoms with E-state index in [2.05, 4.69) is 25.1 Å². The first kappa shape index (κ1) is 14.9. The second-order valence-electron chi connectivity index (χ2n) is 4.24. The molecule has 0 unspecified atom stereocenters. The van der Waals surface area contributed by atoms with E-state index in [4.69, 9.17) is 5.73 Å². The number of piperidine rings is 1. The summed E-state index contributed by atoms with van der Waals surface area (Å²) >= 11 is 0. The number of halogens is 2. The quantitative estimate of drug-likeness (QED) is 0.456. The van der Waals surface area contributed by atoms with Gasteiger partial charge in [0.15, 0.2) is 0 Å². The molecule has 1 saturated heterocycles. The van der Waals surface area contributed by atoms with E-state index in [1.54, 1.807) is 0 Å². The number of quaternary nitrogens is 1. The molecule has 5 N–H and O–H groups in total. The molecular formula is C10H16Cl2N6. The van der Waals surface area contributed by atoms with Crippen LogP contribution in [0.1, 0.15) is 18.9 Å². The van der Waals surface area contributed by atoms with E-state index in [9.17, 15) is 0 Å². The Hall–Kier alpha value is -1.11. The van der Waals surface area contributed by atoms with Gasteiger partial charge in [-0.15, -0.1) is 0 Å². The number of hydrogen-bond donors (Lipinski definition) is 3. The first-order valence-electron chi connectivity index (χ1n) is 5.67. The van der Waals surface area contributed by atoms with Crippen LogP contribution in [0.15, 0.2) is 12.5 Å². The van der Waals surface area contributed by atoms with Gasteiger partial charge in [-0.3, -0.25) is 0 Å². The van der Waals surface area contributed by atoms with E-state index in [1.807, 2.05) is 6.20 Å². The van der Waals surface area contributed by atoms with Gasteiger partial charge in [0, 0.05) is 12.8 Å². The van der Waals surface area contributed by atoms with Gasteiger partial charge in [0.25, 0.3) is 0 Å². The fourth-order valence-electron chi connectivity index (χ4n) is 2.37. The number of nitrogens with one attached hydrogen (secondary N) is 1. The molecule has 1 fully saturated rings. The number of nitrogens with two attached hydrogens (primary N) is 2. The average Bonchev–Trinajstić information content (AvgIpc) is 2.75. The van der Waals surface area contributed by atoms with Crippen LogP contribution in [0, 0.1) is 0 Å². The van der Waals surface area contributed by atoms with E-state index in [0.29, 0.717) is 11.9 Å². The third-order valence-electron chi connectivity index (χ3n) is 3.24. The van der Waals surface area contributed by atoms with Crippen LogP contribution in [0.3, 0.4) is 0 Å². The molecule has 0 spiro atoms. The Labute approximate surface area is 117 Å². The van der Waals surface area contributed by atoms with Crippen LogP contribution < -0.4 is 40.5 Å². The minimum absolute atomic E-state index is 0. The molecule has 0 amide bonds. The number of fused-ring (bicyclic) bond motifs is 1. The number of rotatable bonds is 1. The van der Waals surface area contributed by atoms with Crippen LogP contribution in [0.25, 0.3) is 11.0 Å². The fraction of sp³-hybridized carbons (Fsp3) is 0.500. The molecule has 3 heterocycles. The van der Waals surface area contributed by atoms with Gasteiger partial charge in [0.05, 0.1) is 19.3 Å². The summed E-state index contributed by atoms with van der Waals surface area (Å²) in [6.07, 6.45) is 5.76. The Morgan fingerprint density at radius 1 is 1.28 bits per heavy atom. The lowest BCUT2D eigenvalue weighted by atomic mass is 10.1. The number of hydrogen-bond acceptors (Lipinski definition) is 3. The van der Waals surface area contributed by atoms with Crippen LogP contribution >= 0.6 is 0 Å². The summed E-state index contributed by atoms with van der Waals surface area (Å²) in [5, 5.41) is 6.51. The van der Waals surface area contributed by atoms with Crippen LogP contribution in [-0.4, -0.2) is 28.2 Å². The van der Waals surface area contributed by atoms with Gasteiger partial charge < -0.3 is 35.9 Å². The summed E-state index contributed by atoms with van der Waals surface area (Å²) < 4.78 is 2.13. The van der Waals surface area contributed by atoms with E-state index in [1.165, 1.54) is 32.3 Å². The summed E-state index contributed by atoms with van der Waals surface area (Å²) in [7, 11) is 0. The van der Waals surface area contributed by atoms with E-state index in [0.717, 1.165) is 11.0 Å². The second kappa shape index (κ2) is 6.17. The predicted octanol–water partition coefficient (Wildman–Crippen LogP) is -7.27. The SMILES string of the molecule is Nc1ncnc2c1c[nH][n+]2C1CC[NH2+]CC1.[Cl-].[Cl-]. The normalized spacial score (nSPS) is 16.0. The molecule has 0 radical (unpaired) electrons. The minimum atomic E-state index is 0. The largest absolute Gasteiger partial charge is 1.00 e. The van der Waals surface area contributed by atoms with Crippen molar-refractivity contribution in [3.05, 3.63) is 12.5 Å². The summed E-state index contributed by atoms with van der Waals surface area (Å²) in [6.45, 7) is 2.36. The van der Waals surface area contributed by atoms with Crippen molar-refractivity contribution >= 4 is 16.9 Å². The highest BCUT2D eigenvalue weighted by atomic mass is 35.5. The first-order chi connectivity index (χ1) is 7.86. The Balaban J connectivity index is 0.000000810. The van der Waals surface area contributed by atoms with Gasteiger partial charge in [-0.05, 0) is 4.98 Å². The Morgan fingerprint density at radius 3 is 2.72 bits per heavy atom. The molecule has 0 bridgehead atoms. The third kappa shape index (κ3) is 2.50. The number of nitrogens with zero attached hydrogens (tertiary/aromatic N) is 3. The van der Waals surface area contributed by atoms with Crippen molar-refractivity contribution < 1.29 is 34.8 Å². The molecule has 8 heteroatoms. The lowest BCUT2D eigenvalue weighted by Crippen LogP contribution is -3.00. The van der Waals surface area contributed by atoms with Gasteiger partial charge in [-0.25, -0.2) is 5.10 Å². The molecule has 0 aliphatic carbocycles. The van der Waals surface area contributed by atoms with Gasteiger partial charge in [-0.2, -0.15) is 9.67 Å². The van der Waals surface area contributed by atoms with E-state index >= 15 is 0 Å². The number of nitrogen functional groups attached to an aromatic ring is 1. The summed E-state index contributed by atoms with van der Waals surface area (Å²) in [5.74, 6) is 0.544. The van der Waals surface area contributed by atoms with E-state index in [-0.39, 0.29) is 24.8 Å². The number of aromatic nitrogens is 4. The molecule has 1 aliphatic heterocycles. The molecule has 0 aromatic carbocycles. The molecule has 0 atom stereocenters. The maximum absolute atomic E-state index is 5.81. The highest BCUT2D eigenvalue weighted by Crippen LogP contribution is 2.15. The molecular weight excluding hydrogens is 275 g/mol. The summed E-state index contributed by atoms with van der Waals surface area (Å²) in [4.78, 5) is 8.30. The van der Waals surface area contributed by atoms with Crippen molar-refractivity contribution in [1.82, 2.24) is 15.1 Å². The van der Waals surface area contributed by atoms with E-state index < -0.39 is 0 Å². The molecule has 6 nitrogen and oxygen atoms in total. The van der Waals surface area contributed by atoms with Gasteiger partial charge >= 0.3 is 5.65 Å². The maximum atomic E-state index is 5.81. The lowest BCUT2D eigenvalue weighted by molar-refractivity contribution is -0.778. The van der Waals surface area contributed by atoms with Crippen molar-refractivity contribution in [2.45, 2.75) is 18.9 Å². The standard InChI is InChI=1S/C10H14N6.2ClH/c11-9-8-5-15-16(10(8)14-6-13-9)7-1-3-12-4-2-7;;/h5-7,12H,1-4H2,(H2,11,13,14,15);2*1H. The van der Waals surface area contributed by atoms with Gasteiger partial charge in [0.2, 0.25) is 6.33 Å². The van der Waals surface area contributed by atoms with Gasteiger partial charge in [-0.1, -0.05) is 0 Å². The fourth-order valence-corrected chi connectivity index (χ4v) is 2.37. The summed E-state index contributed by atoms with van der Waals surface area (Å²) in [5.41, 5.74) is 6.72. The molecule has 2 aromatic heterocycles. The molecule has 100 valence electrons. The predicted molar refractivity (Wildman–Crippen MR) is 58.4 cm³/mol. The molecule has 18 heavy (non-hydrogen) atoms. The molecule has 0 saturated carbocycles. The zero-order chi connectivity index (χ0) is 11.0. The monoisotopic (exact) mass is 290 g/mol. The lowest BCUT2D eigenvalue weighted by Gasteiger charge is -2.16. The first-order valence-corrected chi connectivity index (χ1v) is 5.67. The highest BCUT2D eigenvalue weighted by molar-refractivity contribution is 5.81. The van der Waals surface area contributed by atoms with Crippen molar-refractivity contribution in [2.24, 2.45) is 0 Å².